The smallest absolute Gasteiger partial charge is 0.319 e. The summed E-state index contributed by atoms with van der Waals surface area (Å²) in [5.74, 6) is -1.20. The van der Waals surface area contributed by atoms with Crippen LogP contribution in [0.5, 0.6) is 0 Å². The fraction of sp³-hybridized carbons (Fsp3) is 0.267. The van der Waals surface area contributed by atoms with E-state index in [9.17, 15) is 14.0 Å². The molecule has 3 N–H and O–H groups in total. The molecule has 3 amide bonds. The first-order chi connectivity index (χ1) is 10.9. The zero-order valence-electron chi connectivity index (χ0n) is 13.0. The van der Waals surface area contributed by atoms with Gasteiger partial charge in [0.1, 0.15) is 10.8 Å². The second-order valence-corrected chi connectivity index (χ2v) is 6.12. The predicted molar refractivity (Wildman–Crippen MR) is 87.2 cm³/mol. The molecule has 122 valence electrons. The Hall–Kier alpha value is -2.48. The van der Waals surface area contributed by atoms with Gasteiger partial charge in [0, 0.05) is 17.6 Å². The van der Waals surface area contributed by atoms with Crippen LogP contribution in [-0.4, -0.2) is 24.0 Å². The van der Waals surface area contributed by atoms with Crippen LogP contribution < -0.4 is 16.0 Å². The maximum atomic E-state index is 13.6. The summed E-state index contributed by atoms with van der Waals surface area (Å²) in [7, 11) is 1.41. The van der Waals surface area contributed by atoms with E-state index in [0.29, 0.717) is 12.2 Å². The van der Waals surface area contributed by atoms with Crippen molar-refractivity contribution in [2.45, 2.75) is 20.4 Å². The van der Waals surface area contributed by atoms with Gasteiger partial charge in [0.15, 0.2) is 0 Å². The van der Waals surface area contributed by atoms with Crippen molar-refractivity contribution in [2.75, 3.05) is 12.4 Å². The third-order valence-electron chi connectivity index (χ3n) is 3.17. The first kappa shape index (κ1) is 16.9. The van der Waals surface area contributed by atoms with Gasteiger partial charge in [-0.3, -0.25) is 4.79 Å². The van der Waals surface area contributed by atoms with Gasteiger partial charge < -0.3 is 16.0 Å². The van der Waals surface area contributed by atoms with E-state index in [1.54, 1.807) is 0 Å². The molecule has 0 saturated carbocycles. The Balaban J connectivity index is 1.98. The van der Waals surface area contributed by atoms with Crippen LogP contribution in [0.2, 0.25) is 0 Å². The van der Waals surface area contributed by atoms with Crippen molar-refractivity contribution < 1.29 is 14.0 Å². The second-order valence-electron chi connectivity index (χ2n) is 4.83. The van der Waals surface area contributed by atoms with E-state index >= 15 is 0 Å². The molecule has 0 aliphatic heterocycles. The van der Waals surface area contributed by atoms with Crippen LogP contribution in [0.4, 0.5) is 14.9 Å². The van der Waals surface area contributed by atoms with Gasteiger partial charge in [-0.2, -0.15) is 0 Å². The van der Waals surface area contributed by atoms with Gasteiger partial charge in [-0.15, -0.1) is 11.3 Å². The lowest BCUT2D eigenvalue weighted by atomic mass is 10.1. The summed E-state index contributed by atoms with van der Waals surface area (Å²) in [6.07, 6.45) is 0. The SMILES string of the molecule is CNC(=O)c1cc(NC(=O)NCc2nc(C)c(C)s2)ccc1F. The molecule has 6 nitrogen and oxygen atoms in total. The molecule has 1 heterocycles. The van der Waals surface area contributed by atoms with E-state index < -0.39 is 17.8 Å². The molecular weight excluding hydrogens is 319 g/mol. The molecule has 2 aromatic rings. The summed E-state index contributed by atoms with van der Waals surface area (Å²) in [5.41, 5.74) is 1.14. The number of hydrogen-bond acceptors (Lipinski definition) is 4. The molecule has 0 aliphatic carbocycles. The zero-order valence-corrected chi connectivity index (χ0v) is 13.8. The molecule has 1 aromatic heterocycles. The van der Waals surface area contributed by atoms with Gasteiger partial charge in [-0.25, -0.2) is 14.2 Å². The number of nitrogens with one attached hydrogen (secondary N) is 3. The minimum atomic E-state index is -0.649. The van der Waals surface area contributed by atoms with Crippen molar-refractivity contribution in [3.05, 3.63) is 45.2 Å². The number of aryl methyl sites for hydroxylation is 2. The van der Waals surface area contributed by atoms with E-state index in [1.807, 2.05) is 13.8 Å². The molecule has 8 heteroatoms. The lowest BCUT2D eigenvalue weighted by Gasteiger charge is -2.08. The maximum Gasteiger partial charge on any atom is 0.319 e. The molecule has 0 atom stereocenters. The lowest BCUT2D eigenvalue weighted by Crippen LogP contribution is -2.28. The van der Waals surface area contributed by atoms with Crippen LogP contribution in [0, 0.1) is 19.7 Å². The summed E-state index contributed by atoms with van der Waals surface area (Å²) >= 11 is 1.52. The predicted octanol–water partition coefficient (Wildman–Crippen LogP) is 2.58. The van der Waals surface area contributed by atoms with Crippen molar-refractivity contribution in [1.82, 2.24) is 15.6 Å². The normalized spacial score (nSPS) is 10.3. The average Bonchev–Trinajstić information content (AvgIpc) is 2.85. The molecule has 0 fully saturated rings. The lowest BCUT2D eigenvalue weighted by molar-refractivity contribution is 0.0959. The number of thiazole rings is 1. The highest BCUT2D eigenvalue weighted by molar-refractivity contribution is 7.11. The number of urea groups is 1. The van der Waals surface area contributed by atoms with Crippen molar-refractivity contribution in [1.29, 1.82) is 0 Å². The molecule has 0 aliphatic rings. The standard InChI is InChI=1S/C15H17FN4O2S/c1-8-9(2)23-13(19-8)7-18-15(22)20-10-4-5-12(16)11(6-10)14(21)17-3/h4-6H,7H2,1-3H3,(H,17,21)(H2,18,20,22). The summed E-state index contributed by atoms with van der Waals surface area (Å²) in [6, 6.07) is 3.35. The van der Waals surface area contributed by atoms with E-state index in [-0.39, 0.29) is 5.56 Å². The average molecular weight is 336 g/mol. The largest absolute Gasteiger partial charge is 0.355 e. The number of benzene rings is 1. The number of hydrogen-bond donors (Lipinski definition) is 3. The Labute approximate surface area is 137 Å². The number of amides is 3. The highest BCUT2D eigenvalue weighted by Gasteiger charge is 2.12. The van der Waals surface area contributed by atoms with Crippen LogP contribution in [0.1, 0.15) is 25.9 Å². The van der Waals surface area contributed by atoms with Crippen molar-refractivity contribution >= 4 is 29.0 Å². The minimum absolute atomic E-state index is 0.128. The van der Waals surface area contributed by atoms with Crippen LogP contribution in [0.15, 0.2) is 18.2 Å². The molecule has 23 heavy (non-hydrogen) atoms. The first-order valence-electron chi connectivity index (χ1n) is 6.90. The maximum absolute atomic E-state index is 13.6. The van der Waals surface area contributed by atoms with Gasteiger partial charge in [0.05, 0.1) is 17.8 Å². The Morgan fingerprint density at radius 2 is 2.04 bits per heavy atom. The fourth-order valence-corrected chi connectivity index (χ4v) is 2.73. The van der Waals surface area contributed by atoms with E-state index in [2.05, 4.69) is 20.9 Å². The van der Waals surface area contributed by atoms with Crippen LogP contribution in [0.25, 0.3) is 0 Å². The van der Waals surface area contributed by atoms with Crippen molar-refractivity contribution in [2.24, 2.45) is 0 Å². The molecule has 0 spiro atoms. The summed E-state index contributed by atoms with van der Waals surface area (Å²) in [6.45, 7) is 4.18. The van der Waals surface area contributed by atoms with Gasteiger partial charge in [-0.05, 0) is 32.0 Å². The molecule has 0 bridgehead atoms. The molecule has 0 unspecified atom stereocenters. The number of carbonyl (C=O) groups is 2. The van der Waals surface area contributed by atoms with E-state index in [0.717, 1.165) is 21.6 Å². The topological polar surface area (TPSA) is 83.1 Å². The number of aromatic nitrogens is 1. The van der Waals surface area contributed by atoms with E-state index in [1.165, 1.54) is 30.5 Å². The zero-order chi connectivity index (χ0) is 17.0. The number of rotatable bonds is 4. The highest BCUT2D eigenvalue weighted by atomic mass is 32.1. The summed E-state index contributed by atoms with van der Waals surface area (Å²) in [5, 5.41) is 8.38. The van der Waals surface area contributed by atoms with Gasteiger partial charge in [0.2, 0.25) is 0 Å². The Morgan fingerprint density at radius 3 is 2.65 bits per heavy atom. The quantitative estimate of drug-likeness (QED) is 0.802. The highest BCUT2D eigenvalue weighted by Crippen LogP contribution is 2.17. The van der Waals surface area contributed by atoms with Crippen LogP contribution >= 0.6 is 11.3 Å². The monoisotopic (exact) mass is 336 g/mol. The van der Waals surface area contributed by atoms with Crippen molar-refractivity contribution in [3.8, 4) is 0 Å². The molecule has 2 rings (SSSR count). The number of nitrogens with zero attached hydrogens (tertiary/aromatic N) is 1. The Bertz CT molecular complexity index is 726. The number of anilines is 1. The second kappa shape index (κ2) is 7.19. The number of carbonyl (C=O) groups excluding carboxylic acids is 2. The van der Waals surface area contributed by atoms with Crippen molar-refractivity contribution in [3.63, 3.8) is 0 Å². The molecule has 0 radical (unpaired) electrons. The third-order valence-corrected chi connectivity index (χ3v) is 4.24. The van der Waals surface area contributed by atoms with Crippen LogP contribution in [0.3, 0.4) is 0 Å². The molecule has 0 saturated heterocycles. The van der Waals surface area contributed by atoms with Gasteiger partial charge >= 0.3 is 6.03 Å². The van der Waals surface area contributed by atoms with Gasteiger partial charge in [-0.1, -0.05) is 0 Å². The van der Waals surface area contributed by atoms with Gasteiger partial charge in [0.25, 0.3) is 5.91 Å². The molecule has 1 aromatic carbocycles. The molecular formula is C15H17FN4O2S. The fourth-order valence-electron chi connectivity index (χ4n) is 1.86. The third kappa shape index (κ3) is 4.26. The Morgan fingerprint density at radius 1 is 1.30 bits per heavy atom. The summed E-state index contributed by atoms with van der Waals surface area (Å²) < 4.78 is 13.6. The van der Waals surface area contributed by atoms with E-state index in [4.69, 9.17) is 0 Å². The number of halogens is 1. The Kier molecular flexibility index (Phi) is 5.28. The first-order valence-corrected chi connectivity index (χ1v) is 7.71. The summed E-state index contributed by atoms with van der Waals surface area (Å²) in [4.78, 5) is 28.8. The minimum Gasteiger partial charge on any atom is -0.355 e. The van der Waals surface area contributed by atoms with Crippen LogP contribution in [-0.2, 0) is 6.54 Å².